The van der Waals surface area contributed by atoms with E-state index in [1.165, 1.54) is 43.3 Å². The summed E-state index contributed by atoms with van der Waals surface area (Å²) in [4.78, 5) is 25.4. The molecular weight excluding hydrogens is 398 g/mol. The topological polar surface area (TPSA) is 79.8 Å². The van der Waals surface area contributed by atoms with Crippen molar-refractivity contribution < 1.29 is 18.0 Å². The maximum Gasteiger partial charge on any atom is 0.264 e. The fourth-order valence-corrected chi connectivity index (χ4v) is 5.13. The van der Waals surface area contributed by atoms with Crippen molar-refractivity contribution >= 4 is 32.4 Å². The highest BCUT2D eigenvalue weighted by molar-refractivity contribution is 7.89. The molecule has 1 aliphatic carbocycles. The van der Waals surface area contributed by atoms with Gasteiger partial charge in [-0.15, -0.1) is 17.9 Å². The number of hydrogen-bond acceptors (Lipinski definition) is 6. The molecule has 1 aliphatic rings. The van der Waals surface area contributed by atoms with Crippen LogP contribution in [0.15, 0.2) is 41.8 Å². The van der Waals surface area contributed by atoms with Crippen LogP contribution < -0.4 is 4.90 Å². The first-order chi connectivity index (χ1) is 13.4. The molecule has 1 aromatic heterocycles. The molecule has 0 N–H and O–H groups in total. The number of hydroxylamine groups is 1. The van der Waals surface area contributed by atoms with Gasteiger partial charge in [-0.25, -0.2) is 13.4 Å². The van der Waals surface area contributed by atoms with Gasteiger partial charge >= 0.3 is 0 Å². The molecule has 2 aromatic rings. The fraction of sp³-hybridized carbons (Fsp3) is 0.368. The summed E-state index contributed by atoms with van der Waals surface area (Å²) in [5.41, 5.74) is 1.46. The minimum Gasteiger partial charge on any atom is -0.288 e. The Balaban J connectivity index is 1.88. The van der Waals surface area contributed by atoms with Gasteiger partial charge in [0.25, 0.3) is 15.9 Å². The Labute approximate surface area is 169 Å². The predicted molar refractivity (Wildman–Crippen MR) is 109 cm³/mol. The molecule has 0 atom stereocenters. The molecule has 9 heteroatoms. The zero-order valence-electron chi connectivity index (χ0n) is 15.9. The Morgan fingerprint density at radius 1 is 1.29 bits per heavy atom. The maximum absolute atomic E-state index is 13.1. The Morgan fingerprint density at radius 2 is 1.96 bits per heavy atom. The number of thiazole rings is 1. The second-order valence-electron chi connectivity index (χ2n) is 6.40. The van der Waals surface area contributed by atoms with Gasteiger partial charge < -0.3 is 0 Å². The molecule has 7 nitrogen and oxygen atoms in total. The number of benzene rings is 1. The van der Waals surface area contributed by atoms with Crippen molar-refractivity contribution in [2.45, 2.75) is 30.6 Å². The number of aromatic nitrogens is 1. The van der Waals surface area contributed by atoms with Gasteiger partial charge in [0.2, 0.25) is 0 Å². The lowest BCUT2D eigenvalue weighted by molar-refractivity contribution is -0.0258. The Hall–Kier alpha value is -2.07. The third-order valence-electron chi connectivity index (χ3n) is 4.62. The molecular formula is C19H23N3O4S2. The van der Waals surface area contributed by atoms with E-state index >= 15 is 0 Å². The summed E-state index contributed by atoms with van der Waals surface area (Å²) in [7, 11) is -1.17. The monoisotopic (exact) mass is 421 g/mol. The maximum atomic E-state index is 13.1. The van der Waals surface area contributed by atoms with E-state index in [1.54, 1.807) is 22.3 Å². The summed E-state index contributed by atoms with van der Waals surface area (Å²) in [6, 6.07) is 5.80. The number of nitrogens with zero attached hydrogens (tertiary/aromatic N) is 3. The van der Waals surface area contributed by atoms with E-state index in [4.69, 9.17) is 4.84 Å². The van der Waals surface area contributed by atoms with Crippen LogP contribution in [0.3, 0.4) is 0 Å². The highest BCUT2D eigenvalue weighted by Gasteiger charge is 2.25. The standard InChI is InChI=1S/C19H23N3O4S2/c1-4-13-22(19-20-16-7-5-6-8-17(16)27-19)18(23)14-9-11-15(12-10-14)28(24,25)21(2)26-3/h4,9-12H,1,5-8,13H2,2-3H3. The lowest BCUT2D eigenvalue weighted by Crippen LogP contribution is -2.31. The van der Waals surface area contributed by atoms with Crippen LogP contribution in [0.2, 0.25) is 0 Å². The van der Waals surface area contributed by atoms with E-state index in [0.29, 0.717) is 17.2 Å². The molecule has 1 heterocycles. The van der Waals surface area contributed by atoms with E-state index in [1.807, 2.05) is 0 Å². The van der Waals surface area contributed by atoms with Crippen molar-refractivity contribution in [1.29, 1.82) is 0 Å². The van der Waals surface area contributed by atoms with Gasteiger partial charge in [-0.05, 0) is 49.9 Å². The van der Waals surface area contributed by atoms with Gasteiger partial charge in [0, 0.05) is 24.0 Å². The third-order valence-corrected chi connectivity index (χ3v) is 7.49. The zero-order valence-corrected chi connectivity index (χ0v) is 17.6. The number of amides is 1. The van der Waals surface area contributed by atoms with Crippen LogP contribution in [0.1, 0.15) is 33.8 Å². The first kappa shape index (κ1) is 20.7. The largest absolute Gasteiger partial charge is 0.288 e. The van der Waals surface area contributed by atoms with Gasteiger partial charge in [0.15, 0.2) is 5.13 Å². The van der Waals surface area contributed by atoms with Crippen LogP contribution in [0.25, 0.3) is 0 Å². The average Bonchev–Trinajstić information content (AvgIpc) is 3.14. The molecule has 0 aliphatic heterocycles. The summed E-state index contributed by atoms with van der Waals surface area (Å²) < 4.78 is 25.4. The number of aryl methyl sites for hydroxylation is 2. The zero-order chi connectivity index (χ0) is 20.3. The van der Waals surface area contributed by atoms with Crippen molar-refractivity contribution in [3.63, 3.8) is 0 Å². The molecule has 150 valence electrons. The van der Waals surface area contributed by atoms with E-state index < -0.39 is 10.0 Å². The van der Waals surface area contributed by atoms with Crippen molar-refractivity contribution in [3.8, 4) is 0 Å². The lowest BCUT2D eigenvalue weighted by atomic mass is 10.0. The Morgan fingerprint density at radius 3 is 2.57 bits per heavy atom. The Kier molecular flexibility index (Phi) is 6.29. The summed E-state index contributed by atoms with van der Waals surface area (Å²) in [5.74, 6) is -0.241. The van der Waals surface area contributed by atoms with Crippen LogP contribution in [-0.4, -0.2) is 44.5 Å². The van der Waals surface area contributed by atoms with E-state index in [-0.39, 0.29) is 10.8 Å². The van der Waals surface area contributed by atoms with Gasteiger partial charge in [-0.1, -0.05) is 10.5 Å². The molecule has 0 bridgehead atoms. The minimum absolute atomic E-state index is 0.0494. The van der Waals surface area contributed by atoms with Crippen LogP contribution in [-0.2, 0) is 27.7 Å². The highest BCUT2D eigenvalue weighted by atomic mass is 32.2. The molecule has 1 aromatic carbocycles. The molecule has 1 amide bonds. The third kappa shape index (κ3) is 4.02. The second-order valence-corrected chi connectivity index (χ2v) is 9.40. The first-order valence-corrected chi connectivity index (χ1v) is 11.2. The Bertz CT molecular complexity index is 944. The molecule has 0 spiro atoms. The van der Waals surface area contributed by atoms with Crippen molar-refractivity contribution in [1.82, 2.24) is 9.45 Å². The van der Waals surface area contributed by atoms with Crippen LogP contribution in [0.5, 0.6) is 0 Å². The van der Waals surface area contributed by atoms with Crippen molar-refractivity contribution in [2.24, 2.45) is 0 Å². The van der Waals surface area contributed by atoms with Gasteiger partial charge in [0.05, 0.1) is 17.7 Å². The number of anilines is 1. The summed E-state index contributed by atoms with van der Waals surface area (Å²) in [6.45, 7) is 4.07. The van der Waals surface area contributed by atoms with Gasteiger partial charge in [-0.3, -0.25) is 14.5 Å². The molecule has 3 rings (SSSR count). The first-order valence-electron chi connectivity index (χ1n) is 8.93. The summed E-state index contributed by atoms with van der Waals surface area (Å²) >= 11 is 1.55. The number of carbonyl (C=O) groups is 1. The number of hydrogen-bond donors (Lipinski definition) is 0. The van der Waals surface area contributed by atoms with E-state index in [2.05, 4.69) is 11.6 Å². The SMILES string of the molecule is C=CCN(C(=O)c1ccc(S(=O)(=O)N(C)OC)cc1)c1nc2c(s1)CCCC2. The lowest BCUT2D eigenvalue weighted by Gasteiger charge is -2.18. The van der Waals surface area contributed by atoms with Gasteiger partial charge in [0.1, 0.15) is 0 Å². The normalized spacial score (nSPS) is 14.0. The quantitative estimate of drug-likeness (QED) is 0.507. The smallest absolute Gasteiger partial charge is 0.264 e. The number of fused-ring (bicyclic) bond motifs is 1. The second kappa shape index (κ2) is 8.52. The summed E-state index contributed by atoms with van der Waals surface area (Å²) in [6.07, 6.45) is 5.88. The van der Waals surface area contributed by atoms with Crippen LogP contribution >= 0.6 is 11.3 Å². The predicted octanol–water partition coefficient (Wildman–Crippen LogP) is 3.04. The molecule has 0 radical (unpaired) electrons. The molecule has 0 saturated heterocycles. The van der Waals surface area contributed by atoms with Crippen LogP contribution in [0, 0.1) is 0 Å². The molecule has 0 fully saturated rings. The van der Waals surface area contributed by atoms with Crippen LogP contribution in [0.4, 0.5) is 5.13 Å². The fourth-order valence-electron chi connectivity index (χ4n) is 3.00. The van der Waals surface area contributed by atoms with E-state index in [0.717, 1.165) is 35.8 Å². The number of carbonyl (C=O) groups excluding carboxylic acids is 1. The van der Waals surface area contributed by atoms with E-state index in [9.17, 15) is 13.2 Å². The molecule has 28 heavy (non-hydrogen) atoms. The minimum atomic E-state index is -3.76. The van der Waals surface area contributed by atoms with Crippen molar-refractivity contribution in [2.75, 3.05) is 25.6 Å². The van der Waals surface area contributed by atoms with Crippen molar-refractivity contribution in [3.05, 3.63) is 53.1 Å². The number of rotatable bonds is 7. The molecule has 0 unspecified atom stereocenters. The molecule has 0 saturated carbocycles. The number of sulfonamides is 1. The highest BCUT2D eigenvalue weighted by Crippen LogP contribution is 2.32. The van der Waals surface area contributed by atoms with Gasteiger partial charge in [-0.2, -0.15) is 0 Å². The summed E-state index contributed by atoms with van der Waals surface area (Å²) in [5, 5.41) is 0.660. The average molecular weight is 422 g/mol.